The van der Waals surface area contributed by atoms with Gasteiger partial charge < -0.3 is 16.0 Å². The molecular weight excluding hydrogens is 404 g/mol. The summed E-state index contributed by atoms with van der Waals surface area (Å²) in [4.78, 5) is 26.6. The number of amides is 2. The van der Waals surface area contributed by atoms with Crippen molar-refractivity contribution in [2.75, 3.05) is 26.2 Å². The predicted octanol–water partition coefficient (Wildman–Crippen LogP) is 0.722. The molecule has 2 rings (SSSR count). The Hall–Kier alpha value is -1.68. The van der Waals surface area contributed by atoms with Crippen molar-refractivity contribution >= 4 is 34.2 Å². The largest absolute Gasteiger partial charge is 0.355 e. The van der Waals surface area contributed by atoms with Gasteiger partial charge in [0.05, 0.1) is 10.8 Å². The van der Waals surface area contributed by atoms with Gasteiger partial charge in [0.15, 0.2) is 0 Å². The molecule has 4 N–H and O–H groups in total. The number of nitrogens with two attached hydrogens (primary N) is 1. The molecule has 1 saturated heterocycles. The Balaban J connectivity index is 0.00000392. The Morgan fingerprint density at radius 3 is 2.46 bits per heavy atom. The number of rotatable bonds is 7. The number of sulfonamides is 1. The molecule has 1 fully saturated rings. The summed E-state index contributed by atoms with van der Waals surface area (Å²) in [6.07, 6.45) is 1.48. The van der Waals surface area contributed by atoms with Crippen LogP contribution in [0, 0.1) is 5.92 Å². The highest BCUT2D eigenvalue weighted by Gasteiger charge is 2.29. The fourth-order valence-corrected chi connectivity index (χ4v) is 4.30. The van der Waals surface area contributed by atoms with Crippen LogP contribution in [-0.4, -0.2) is 57.4 Å². The second-order valence-corrected chi connectivity index (χ2v) is 8.68. The van der Waals surface area contributed by atoms with Gasteiger partial charge in [-0.1, -0.05) is 0 Å². The molecule has 2 amide bonds. The Bertz CT molecular complexity index is 768. The van der Waals surface area contributed by atoms with Crippen LogP contribution in [0.3, 0.4) is 0 Å². The monoisotopic (exact) mass is 432 g/mol. The van der Waals surface area contributed by atoms with Gasteiger partial charge in [-0.25, -0.2) is 13.1 Å². The molecule has 1 aliphatic rings. The number of benzene rings is 1. The number of halogens is 1. The highest BCUT2D eigenvalue weighted by atomic mass is 35.5. The Morgan fingerprint density at radius 2 is 1.89 bits per heavy atom. The van der Waals surface area contributed by atoms with Crippen LogP contribution in [0.25, 0.3) is 0 Å². The van der Waals surface area contributed by atoms with Crippen LogP contribution in [0.1, 0.15) is 37.0 Å². The molecule has 1 unspecified atom stereocenters. The number of nitrogens with zero attached hydrogens (tertiary/aromatic N) is 1. The molecule has 1 aromatic rings. The zero-order valence-corrected chi connectivity index (χ0v) is 17.8. The van der Waals surface area contributed by atoms with Crippen molar-refractivity contribution in [1.29, 1.82) is 0 Å². The van der Waals surface area contributed by atoms with Crippen molar-refractivity contribution in [3.05, 3.63) is 29.8 Å². The number of nitrogens with one attached hydrogen (secondary N) is 2. The van der Waals surface area contributed by atoms with Crippen molar-refractivity contribution in [1.82, 2.24) is 14.9 Å². The molecule has 0 spiro atoms. The lowest BCUT2D eigenvalue weighted by molar-refractivity contribution is -0.126. The first kappa shape index (κ1) is 24.4. The molecule has 158 valence electrons. The molecule has 28 heavy (non-hydrogen) atoms. The number of hydrogen-bond acceptors (Lipinski definition) is 5. The topological polar surface area (TPSA) is 122 Å². The van der Waals surface area contributed by atoms with E-state index in [1.165, 1.54) is 24.3 Å². The van der Waals surface area contributed by atoms with E-state index in [1.807, 2.05) is 0 Å². The molecule has 1 aliphatic heterocycles. The van der Waals surface area contributed by atoms with Gasteiger partial charge in [0, 0.05) is 37.8 Å². The lowest BCUT2D eigenvalue weighted by Gasteiger charge is -2.32. The third-order valence-corrected chi connectivity index (χ3v) is 6.00. The van der Waals surface area contributed by atoms with E-state index in [0.29, 0.717) is 31.7 Å². The predicted molar refractivity (Wildman–Crippen MR) is 110 cm³/mol. The molecule has 0 bridgehead atoms. The smallest absolute Gasteiger partial charge is 0.253 e. The highest BCUT2D eigenvalue weighted by Crippen LogP contribution is 2.20. The van der Waals surface area contributed by atoms with Crippen molar-refractivity contribution in [3.63, 3.8) is 0 Å². The van der Waals surface area contributed by atoms with Crippen LogP contribution in [0.4, 0.5) is 0 Å². The van der Waals surface area contributed by atoms with Crippen LogP contribution in [-0.2, 0) is 14.8 Å². The summed E-state index contributed by atoms with van der Waals surface area (Å²) < 4.78 is 26.8. The van der Waals surface area contributed by atoms with E-state index in [9.17, 15) is 18.0 Å². The zero-order valence-electron chi connectivity index (χ0n) is 16.2. The second-order valence-electron chi connectivity index (χ2n) is 6.97. The van der Waals surface area contributed by atoms with E-state index in [0.717, 1.165) is 12.8 Å². The van der Waals surface area contributed by atoms with E-state index in [1.54, 1.807) is 18.7 Å². The number of hydrogen-bond donors (Lipinski definition) is 3. The third kappa shape index (κ3) is 6.44. The Labute approximate surface area is 172 Å². The van der Waals surface area contributed by atoms with Crippen molar-refractivity contribution in [2.24, 2.45) is 11.7 Å². The van der Waals surface area contributed by atoms with E-state index in [-0.39, 0.29) is 41.1 Å². The third-order valence-electron chi connectivity index (χ3n) is 4.33. The summed E-state index contributed by atoms with van der Waals surface area (Å²) in [5.74, 6) is -0.532. The maximum absolute atomic E-state index is 12.7. The van der Waals surface area contributed by atoms with Gasteiger partial charge in [0.2, 0.25) is 15.9 Å². The van der Waals surface area contributed by atoms with Gasteiger partial charge >= 0.3 is 0 Å². The fraction of sp³-hybridized carbons (Fsp3) is 0.556. The molecule has 0 saturated carbocycles. The fourth-order valence-electron chi connectivity index (χ4n) is 3.05. The maximum atomic E-state index is 12.7. The number of piperidine rings is 1. The first-order chi connectivity index (χ1) is 12.7. The summed E-state index contributed by atoms with van der Waals surface area (Å²) >= 11 is 0. The first-order valence-corrected chi connectivity index (χ1v) is 10.6. The lowest BCUT2D eigenvalue weighted by atomic mass is 9.96. The molecule has 10 heteroatoms. The summed E-state index contributed by atoms with van der Waals surface area (Å²) in [5, 5.41) is 2.77. The average molecular weight is 433 g/mol. The standard InChI is InChI=1S/C18H28N4O4S.ClH/c1-13(2)21-27(25,26)16-7-5-14(6-8-16)18(24)22-11-3-4-15(12-22)17(23)20-10-9-19;/h5-8,13,15,21H,3-4,9-12,19H2,1-2H3,(H,20,23);1H. The van der Waals surface area contributed by atoms with E-state index in [4.69, 9.17) is 5.73 Å². The summed E-state index contributed by atoms with van der Waals surface area (Å²) in [7, 11) is -3.59. The molecule has 0 aromatic heterocycles. The minimum absolute atomic E-state index is 0. The lowest BCUT2D eigenvalue weighted by Crippen LogP contribution is -2.46. The van der Waals surface area contributed by atoms with Gasteiger partial charge in [-0.3, -0.25) is 9.59 Å². The van der Waals surface area contributed by atoms with Gasteiger partial charge in [-0.2, -0.15) is 0 Å². The normalized spacial score (nSPS) is 17.1. The molecule has 0 radical (unpaired) electrons. The van der Waals surface area contributed by atoms with E-state index >= 15 is 0 Å². The number of carbonyl (C=O) groups excluding carboxylic acids is 2. The number of carbonyl (C=O) groups is 2. The Morgan fingerprint density at radius 1 is 1.25 bits per heavy atom. The van der Waals surface area contributed by atoms with Gasteiger partial charge in [0.25, 0.3) is 5.91 Å². The highest BCUT2D eigenvalue weighted by molar-refractivity contribution is 7.89. The van der Waals surface area contributed by atoms with Gasteiger partial charge in [0.1, 0.15) is 0 Å². The molecule has 1 aromatic carbocycles. The minimum atomic E-state index is -3.59. The number of likely N-dealkylation sites (tertiary alicyclic amines) is 1. The van der Waals surface area contributed by atoms with Gasteiger partial charge in [-0.15, -0.1) is 12.4 Å². The Kier molecular flexibility index (Phi) is 9.35. The summed E-state index contributed by atoms with van der Waals surface area (Å²) in [6, 6.07) is 5.65. The molecule has 0 aliphatic carbocycles. The average Bonchev–Trinajstić information content (AvgIpc) is 2.64. The van der Waals surface area contributed by atoms with Crippen LogP contribution in [0.15, 0.2) is 29.2 Å². The summed E-state index contributed by atoms with van der Waals surface area (Å²) in [6.45, 7) is 5.21. The molecule has 8 nitrogen and oxygen atoms in total. The second kappa shape index (κ2) is 10.8. The first-order valence-electron chi connectivity index (χ1n) is 9.14. The van der Waals surface area contributed by atoms with Gasteiger partial charge in [-0.05, 0) is 51.0 Å². The molecule has 1 atom stereocenters. The van der Waals surface area contributed by atoms with E-state index in [2.05, 4.69) is 10.0 Å². The molecular formula is C18H29ClN4O4S. The van der Waals surface area contributed by atoms with Crippen molar-refractivity contribution in [3.8, 4) is 0 Å². The summed E-state index contributed by atoms with van der Waals surface area (Å²) in [5.41, 5.74) is 5.80. The minimum Gasteiger partial charge on any atom is -0.355 e. The maximum Gasteiger partial charge on any atom is 0.253 e. The molecule has 1 heterocycles. The quantitative estimate of drug-likeness (QED) is 0.586. The van der Waals surface area contributed by atoms with Crippen molar-refractivity contribution in [2.45, 2.75) is 37.6 Å². The van der Waals surface area contributed by atoms with Crippen LogP contribution in [0.2, 0.25) is 0 Å². The van der Waals surface area contributed by atoms with E-state index < -0.39 is 10.0 Å². The van der Waals surface area contributed by atoms with Crippen LogP contribution in [0.5, 0.6) is 0 Å². The van der Waals surface area contributed by atoms with Crippen LogP contribution >= 0.6 is 12.4 Å². The SMILES string of the molecule is CC(C)NS(=O)(=O)c1ccc(C(=O)N2CCCC(C(=O)NCCN)C2)cc1.Cl. The van der Waals surface area contributed by atoms with Crippen molar-refractivity contribution < 1.29 is 18.0 Å². The zero-order chi connectivity index (χ0) is 20.0. The van der Waals surface area contributed by atoms with Crippen LogP contribution < -0.4 is 15.8 Å².